The summed E-state index contributed by atoms with van der Waals surface area (Å²) in [5.41, 5.74) is 0. The van der Waals surface area contributed by atoms with Gasteiger partial charge in [-0.1, -0.05) is 13.3 Å². The Kier molecular flexibility index (Phi) is 4.20. The molecular formula is C15H25N3S. The Bertz CT molecular complexity index is 403. The van der Waals surface area contributed by atoms with Crippen molar-refractivity contribution in [1.82, 2.24) is 15.2 Å². The maximum Gasteiger partial charge on any atom is 0.0897 e. The molecule has 2 atom stereocenters. The zero-order valence-electron chi connectivity index (χ0n) is 12.1. The van der Waals surface area contributed by atoms with Gasteiger partial charge in [0.1, 0.15) is 0 Å². The fourth-order valence-corrected chi connectivity index (χ4v) is 4.65. The third-order valence-corrected chi connectivity index (χ3v) is 5.52. The zero-order chi connectivity index (χ0) is 13.2. The van der Waals surface area contributed by atoms with Crippen molar-refractivity contribution in [3.05, 3.63) is 16.1 Å². The molecule has 0 spiro atoms. The summed E-state index contributed by atoms with van der Waals surface area (Å²) in [5.74, 6) is 0. The number of thiazole rings is 1. The van der Waals surface area contributed by atoms with Gasteiger partial charge in [-0.05, 0) is 39.2 Å². The third kappa shape index (κ3) is 3.01. The molecule has 0 amide bonds. The smallest absolute Gasteiger partial charge is 0.0897 e. The van der Waals surface area contributed by atoms with Crippen LogP contribution in [0.2, 0.25) is 0 Å². The molecule has 1 aromatic rings. The van der Waals surface area contributed by atoms with E-state index in [1.807, 2.05) is 11.3 Å². The molecule has 19 heavy (non-hydrogen) atoms. The summed E-state index contributed by atoms with van der Waals surface area (Å²) < 4.78 is 0. The minimum Gasteiger partial charge on any atom is -0.314 e. The summed E-state index contributed by atoms with van der Waals surface area (Å²) in [7, 11) is 0. The Hall–Kier alpha value is -0.450. The molecule has 1 aromatic heterocycles. The Morgan fingerprint density at radius 1 is 1.37 bits per heavy atom. The van der Waals surface area contributed by atoms with Gasteiger partial charge in [0.25, 0.3) is 0 Å². The largest absolute Gasteiger partial charge is 0.314 e. The van der Waals surface area contributed by atoms with Crippen LogP contribution in [0.1, 0.15) is 48.9 Å². The Labute approximate surface area is 120 Å². The van der Waals surface area contributed by atoms with E-state index in [4.69, 9.17) is 0 Å². The predicted molar refractivity (Wildman–Crippen MR) is 80.5 cm³/mol. The molecule has 0 aromatic carbocycles. The third-order valence-electron chi connectivity index (χ3n) is 4.63. The first-order valence-corrected chi connectivity index (χ1v) is 8.48. The van der Waals surface area contributed by atoms with Crippen LogP contribution < -0.4 is 5.32 Å². The maximum atomic E-state index is 4.40. The number of nitrogens with one attached hydrogen (secondary N) is 1. The van der Waals surface area contributed by atoms with Gasteiger partial charge in [0.2, 0.25) is 0 Å². The molecule has 0 radical (unpaired) electrons. The topological polar surface area (TPSA) is 28.2 Å². The number of hydrogen-bond donors (Lipinski definition) is 1. The Morgan fingerprint density at radius 3 is 2.68 bits per heavy atom. The van der Waals surface area contributed by atoms with E-state index in [-0.39, 0.29) is 0 Å². The molecule has 1 N–H and O–H groups in total. The molecule has 2 aliphatic heterocycles. The number of nitrogens with zero attached hydrogens (tertiary/aromatic N) is 2. The Balaban J connectivity index is 1.68. The van der Waals surface area contributed by atoms with Crippen LogP contribution in [0.15, 0.2) is 6.20 Å². The molecule has 0 aliphatic carbocycles. The summed E-state index contributed by atoms with van der Waals surface area (Å²) in [6, 6.07) is 2.33. The van der Waals surface area contributed by atoms with Crippen LogP contribution in [0, 0.1) is 6.92 Å². The molecule has 3 nitrogen and oxygen atoms in total. The van der Waals surface area contributed by atoms with Crippen molar-refractivity contribution in [3.8, 4) is 0 Å². The van der Waals surface area contributed by atoms with Crippen molar-refractivity contribution in [3.63, 3.8) is 0 Å². The van der Waals surface area contributed by atoms with Crippen molar-refractivity contribution >= 4 is 11.3 Å². The second-order valence-corrected chi connectivity index (χ2v) is 7.30. The van der Waals surface area contributed by atoms with E-state index in [9.17, 15) is 0 Å². The van der Waals surface area contributed by atoms with Crippen molar-refractivity contribution < 1.29 is 0 Å². The monoisotopic (exact) mass is 279 g/mol. The second-order valence-electron chi connectivity index (χ2n) is 5.98. The van der Waals surface area contributed by atoms with Gasteiger partial charge >= 0.3 is 0 Å². The highest BCUT2D eigenvalue weighted by Crippen LogP contribution is 2.35. The first kappa shape index (κ1) is 13.5. The Morgan fingerprint density at radius 2 is 2.11 bits per heavy atom. The molecule has 0 saturated carbocycles. The van der Waals surface area contributed by atoms with Gasteiger partial charge in [0, 0.05) is 35.7 Å². The van der Waals surface area contributed by atoms with Crippen LogP contribution >= 0.6 is 11.3 Å². The van der Waals surface area contributed by atoms with Gasteiger partial charge in [-0.3, -0.25) is 4.90 Å². The summed E-state index contributed by atoms with van der Waals surface area (Å²) in [6.07, 6.45) is 8.94. The van der Waals surface area contributed by atoms with E-state index in [1.54, 1.807) is 0 Å². The van der Waals surface area contributed by atoms with E-state index in [1.165, 1.54) is 42.0 Å². The van der Waals surface area contributed by atoms with Gasteiger partial charge in [-0.15, -0.1) is 11.3 Å². The average molecular weight is 279 g/mol. The highest BCUT2D eigenvalue weighted by atomic mass is 32.1. The van der Waals surface area contributed by atoms with E-state index in [0.717, 1.165) is 31.2 Å². The summed E-state index contributed by atoms with van der Waals surface area (Å²) in [4.78, 5) is 8.61. The molecule has 2 aliphatic rings. The van der Waals surface area contributed by atoms with Crippen LogP contribution in [-0.2, 0) is 6.54 Å². The first-order chi connectivity index (χ1) is 9.26. The summed E-state index contributed by atoms with van der Waals surface area (Å²) in [5, 5.41) is 4.86. The predicted octanol–water partition coefficient (Wildman–Crippen LogP) is 2.95. The lowest BCUT2D eigenvalue weighted by Crippen LogP contribution is -2.55. The van der Waals surface area contributed by atoms with Gasteiger partial charge in [-0.25, -0.2) is 4.98 Å². The number of hydrogen-bond acceptors (Lipinski definition) is 4. The summed E-state index contributed by atoms with van der Waals surface area (Å²) >= 11 is 1.86. The number of rotatable bonds is 4. The van der Waals surface area contributed by atoms with Gasteiger partial charge < -0.3 is 5.32 Å². The van der Waals surface area contributed by atoms with Crippen molar-refractivity contribution in [2.75, 3.05) is 6.54 Å². The lowest BCUT2D eigenvalue weighted by molar-refractivity contribution is 0.0188. The van der Waals surface area contributed by atoms with Gasteiger partial charge in [0.05, 0.1) is 5.01 Å². The number of aryl methyl sites for hydroxylation is 1. The minimum atomic E-state index is 0.750. The zero-order valence-corrected chi connectivity index (χ0v) is 12.9. The molecule has 3 rings (SSSR count). The molecule has 106 valence electrons. The van der Waals surface area contributed by atoms with Crippen molar-refractivity contribution in [1.29, 1.82) is 0 Å². The molecule has 4 heteroatoms. The normalized spacial score (nSPS) is 31.6. The van der Waals surface area contributed by atoms with Crippen LogP contribution in [-0.4, -0.2) is 34.6 Å². The lowest BCUT2D eigenvalue weighted by atomic mass is 9.81. The SMILES string of the molecule is CCNC1CC2CCCC(C1)N2Cc1cnc(C)s1. The number of fused-ring (bicyclic) bond motifs is 2. The fraction of sp³-hybridized carbons (Fsp3) is 0.800. The molecule has 2 fully saturated rings. The molecule has 2 saturated heterocycles. The van der Waals surface area contributed by atoms with Gasteiger partial charge in [0.15, 0.2) is 0 Å². The summed E-state index contributed by atoms with van der Waals surface area (Å²) in [6.45, 7) is 6.56. The van der Waals surface area contributed by atoms with E-state index >= 15 is 0 Å². The average Bonchev–Trinajstić information content (AvgIpc) is 2.76. The maximum absolute atomic E-state index is 4.40. The minimum absolute atomic E-state index is 0.750. The van der Waals surface area contributed by atoms with E-state index < -0.39 is 0 Å². The molecule has 2 unspecified atom stereocenters. The molecular weight excluding hydrogens is 254 g/mol. The molecule has 2 bridgehead atoms. The quantitative estimate of drug-likeness (QED) is 0.918. The second kappa shape index (κ2) is 5.90. The number of piperidine rings is 2. The van der Waals surface area contributed by atoms with E-state index in [2.05, 4.69) is 35.2 Å². The van der Waals surface area contributed by atoms with Gasteiger partial charge in [-0.2, -0.15) is 0 Å². The van der Waals surface area contributed by atoms with Crippen molar-refractivity contribution in [2.24, 2.45) is 0 Å². The first-order valence-electron chi connectivity index (χ1n) is 7.66. The van der Waals surface area contributed by atoms with Crippen LogP contribution in [0.4, 0.5) is 0 Å². The highest BCUT2D eigenvalue weighted by Gasteiger charge is 2.37. The fourth-order valence-electron chi connectivity index (χ4n) is 3.85. The van der Waals surface area contributed by atoms with Crippen LogP contribution in [0.3, 0.4) is 0 Å². The van der Waals surface area contributed by atoms with Crippen LogP contribution in [0.25, 0.3) is 0 Å². The highest BCUT2D eigenvalue weighted by molar-refractivity contribution is 7.11. The standard InChI is InChI=1S/C15H25N3S/c1-3-16-12-7-13-5-4-6-14(8-12)18(13)10-15-9-17-11(2)19-15/h9,12-14,16H,3-8,10H2,1-2H3. The van der Waals surface area contributed by atoms with Crippen LogP contribution in [0.5, 0.6) is 0 Å². The van der Waals surface area contributed by atoms with Crippen molar-refractivity contribution in [2.45, 2.75) is 70.6 Å². The van der Waals surface area contributed by atoms with E-state index in [0.29, 0.717) is 0 Å². The lowest BCUT2D eigenvalue weighted by Gasteiger charge is -2.49. The molecule has 3 heterocycles. The number of aromatic nitrogens is 1.